The van der Waals surface area contributed by atoms with Crippen molar-refractivity contribution in [2.45, 2.75) is 25.5 Å². The number of anilines is 1. The van der Waals surface area contributed by atoms with Crippen LogP contribution in [0.3, 0.4) is 0 Å². The second-order valence-electron chi connectivity index (χ2n) is 6.25. The van der Waals surface area contributed by atoms with Crippen LogP contribution in [0, 0.1) is 0 Å². The molecule has 4 heterocycles. The van der Waals surface area contributed by atoms with Crippen molar-refractivity contribution in [3.05, 3.63) is 11.6 Å². The third-order valence-electron chi connectivity index (χ3n) is 4.64. The number of hydrogen-bond acceptors (Lipinski definition) is 6. The summed E-state index contributed by atoms with van der Waals surface area (Å²) >= 11 is 6.20. The zero-order valence-corrected chi connectivity index (χ0v) is 14.0. The van der Waals surface area contributed by atoms with Crippen molar-refractivity contribution in [1.82, 2.24) is 24.4 Å². The van der Waals surface area contributed by atoms with Gasteiger partial charge in [-0.25, -0.2) is 4.98 Å². The second kappa shape index (κ2) is 6.22. The standard InChI is InChI=1S/C15H21ClN6O/c1-20-5-7-21(8-6-20)13-12-14(19-15(16)18-13)22(10-17-12)11-4-2-3-9-23-11/h10-11H,2-9H2,1H3. The fourth-order valence-corrected chi connectivity index (χ4v) is 3.43. The van der Waals surface area contributed by atoms with Gasteiger partial charge in [-0.2, -0.15) is 9.97 Å². The van der Waals surface area contributed by atoms with Crippen LogP contribution in [-0.2, 0) is 4.74 Å². The van der Waals surface area contributed by atoms with E-state index in [1.165, 1.54) is 0 Å². The van der Waals surface area contributed by atoms with Crippen LogP contribution in [0.25, 0.3) is 11.2 Å². The molecule has 0 bridgehead atoms. The zero-order valence-electron chi connectivity index (χ0n) is 13.3. The lowest BCUT2D eigenvalue weighted by Gasteiger charge is -2.33. The highest BCUT2D eigenvalue weighted by atomic mass is 35.5. The van der Waals surface area contributed by atoms with E-state index < -0.39 is 0 Å². The van der Waals surface area contributed by atoms with E-state index >= 15 is 0 Å². The van der Waals surface area contributed by atoms with Crippen molar-refractivity contribution in [3.63, 3.8) is 0 Å². The molecule has 8 heteroatoms. The van der Waals surface area contributed by atoms with E-state index in [0.717, 1.165) is 69.0 Å². The van der Waals surface area contributed by atoms with Gasteiger partial charge in [-0.15, -0.1) is 0 Å². The molecule has 2 aliphatic rings. The number of likely N-dealkylation sites (N-methyl/N-ethyl adjacent to an activating group) is 1. The van der Waals surface area contributed by atoms with Gasteiger partial charge in [0.2, 0.25) is 5.28 Å². The molecular weight excluding hydrogens is 316 g/mol. The first kappa shape index (κ1) is 15.1. The largest absolute Gasteiger partial charge is 0.358 e. The SMILES string of the molecule is CN1CCN(c2nc(Cl)nc3c2ncn3C2CCCCO2)CC1. The quantitative estimate of drug-likeness (QED) is 0.781. The molecule has 1 atom stereocenters. The normalized spacial score (nSPS) is 23.6. The fourth-order valence-electron chi connectivity index (χ4n) is 3.27. The molecular formula is C15H21ClN6O. The lowest BCUT2D eigenvalue weighted by atomic mass is 10.2. The molecule has 0 N–H and O–H groups in total. The summed E-state index contributed by atoms with van der Waals surface area (Å²) in [6, 6.07) is 0. The zero-order chi connectivity index (χ0) is 15.8. The van der Waals surface area contributed by atoms with Gasteiger partial charge in [0.15, 0.2) is 17.0 Å². The van der Waals surface area contributed by atoms with Crippen LogP contribution in [0.4, 0.5) is 5.82 Å². The van der Waals surface area contributed by atoms with Crippen molar-refractivity contribution in [1.29, 1.82) is 0 Å². The van der Waals surface area contributed by atoms with Gasteiger partial charge < -0.3 is 14.5 Å². The van der Waals surface area contributed by atoms with Crippen LogP contribution in [-0.4, -0.2) is 64.3 Å². The van der Waals surface area contributed by atoms with Crippen LogP contribution in [0.5, 0.6) is 0 Å². The Morgan fingerprint density at radius 1 is 1.17 bits per heavy atom. The summed E-state index contributed by atoms with van der Waals surface area (Å²) in [5.41, 5.74) is 1.58. The number of piperazine rings is 1. The molecule has 23 heavy (non-hydrogen) atoms. The summed E-state index contributed by atoms with van der Waals surface area (Å²) in [4.78, 5) is 18.0. The predicted molar refractivity (Wildman–Crippen MR) is 88.9 cm³/mol. The van der Waals surface area contributed by atoms with Gasteiger partial charge in [-0.1, -0.05) is 0 Å². The number of nitrogens with zero attached hydrogens (tertiary/aromatic N) is 6. The Hall–Kier alpha value is -1.44. The van der Waals surface area contributed by atoms with Gasteiger partial charge in [0, 0.05) is 32.8 Å². The highest BCUT2D eigenvalue weighted by molar-refractivity contribution is 6.28. The molecule has 0 saturated carbocycles. The summed E-state index contributed by atoms with van der Waals surface area (Å²) in [5, 5.41) is 0.268. The molecule has 2 fully saturated rings. The highest BCUT2D eigenvalue weighted by Crippen LogP contribution is 2.30. The van der Waals surface area contributed by atoms with Crippen LogP contribution < -0.4 is 4.90 Å². The topological polar surface area (TPSA) is 59.3 Å². The van der Waals surface area contributed by atoms with Gasteiger partial charge in [0.25, 0.3) is 0 Å². The van der Waals surface area contributed by atoms with Crippen molar-refractivity contribution in [2.24, 2.45) is 0 Å². The second-order valence-corrected chi connectivity index (χ2v) is 6.59. The molecule has 0 aromatic carbocycles. The van der Waals surface area contributed by atoms with Crippen LogP contribution >= 0.6 is 11.6 Å². The Morgan fingerprint density at radius 3 is 2.74 bits per heavy atom. The van der Waals surface area contributed by atoms with E-state index in [2.05, 4.69) is 31.8 Å². The first-order chi connectivity index (χ1) is 11.2. The number of halogens is 1. The van der Waals surface area contributed by atoms with Crippen molar-refractivity contribution < 1.29 is 4.74 Å². The summed E-state index contributed by atoms with van der Waals surface area (Å²) in [5.74, 6) is 0.836. The fraction of sp³-hybridized carbons (Fsp3) is 0.667. The van der Waals surface area contributed by atoms with E-state index in [4.69, 9.17) is 16.3 Å². The summed E-state index contributed by atoms with van der Waals surface area (Å²) in [6.07, 6.45) is 5.07. The molecule has 1 unspecified atom stereocenters. The Kier molecular flexibility index (Phi) is 4.09. The lowest BCUT2D eigenvalue weighted by molar-refractivity contribution is -0.0298. The van der Waals surface area contributed by atoms with E-state index in [1.54, 1.807) is 0 Å². The van der Waals surface area contributed by atoms with Gasteiger partial charge in [0.1, 0.15) is 6.23 Å². The summed E-state index contributed by atoms with van der Waals surface area (Å²) in [6.45, 7) is 4.65. The van der Waals surface area contributed by atoms with Crippen LogP contribution in [0.2, 0.25) is 5.28 Å². The van der Waals surface area contributed by atoms with Gasteiger partial charge >= 0.3 is 0 Å². The summed E-state index contributed by atoms with van der Waals surface area (Å²) < 4.78 is 7.87. The maximum Gasteiger partial charge on any atom is 0.226 e. The molecule has 0 amide bonds. The first-order valence-electron chi connectivity index (χ1n) is 8.17. The molecule has 2 aliphatic heterocycles. The first-order valence-corrected chi connectivity index (χ1v) is 8.55. The minimum atomic E-state index is 0.0000517. The number of aromatic nitrogens is 4. The third kappa shape index (κ3) is 2.88. The van der Waals surface area contributed by atoms with E-state index in [-0.39, 0.29) is 11.5 Å². The van der Waals surface area contributed by atoms with Crippen molar-refractivity contribution >= 4 is 28.6 Å². The van der Waals surface area contributed by atoms with E-state index in [0.29, 0.717) is 0 Å². The molecule has 0 radical (unpaired) electrons. The number of imidazole rings is 1. The van der Waals surface area contributed by atoms with Gasteiger partial charge in [0.05, 0.1) is 6.33 Å². The third-order valence-corrected chi connectivity index (χ3v) is 4.81. The maximum absolute atomic E-state index is 6.20. The molecule has 0 aliphatic carbocycles. The Labute approximate surface area is 140 Å². The molecule has 0 spiro atoms. The average molecular weight is 337 g/mol. The number of ether oxygens (including phenoxy) is 1. The monoisotopic (exact) mass is 336 g/mol. The Balaban J connectivity index is 1.72. The molecule has 2 aromatic rings. The Morgan fingerprint density at radius 2 is 2.00 bits per heavy atom. The average Bonchev–Trinajstić information content (AvgIpc) is 2.99. The number of rotatable bonds is 2. The number of hydrogen-bond donors (Lipinski definition) is 0. The Bertz CT molecular complexity index is 691. The van der Waals surface area contributed by atoms with Crippen LogP contribution in [0.15, 0.2) is 6.33 Å². The maximum atomic E-state index is 6.20. The van der Waals surface area contributed by atoms with E-state index in [1.807, 2.05) is 10.9 Å². The van der Waals surface area contributed by atoms with E-state index in [9.17, 15) is 0 Å². The van der Waals surface area contributed by atoms with Gasteiger partial charge in [-0.3, -0.25) is 4.57 Å². The smallest absolute Gasteiger partial charge is 0.226 e. The van der Waals surface area contributed by atoms with Gasteiger partial charge in [-0.05, 0) is 37.9 Å². The predicted octanol–water partition coefficient (Wildman–Crippen LogP) is 1.93. The molecule has 124 valence electrons. The summed E-state index contributed by atoms with van der Waals surface area (Å²) in [7, 11) is 2.13. The highest BCUT2D eigenvalue weighted by Gasteiger charge is 2.24. The molecule has 2 saturated heterocycles. The number of fused-ring (bicyclic) bond motifs is 1. The lowest BCUT2D eigenvalue weighted by Crippen LogP contribution is -2.45. The van der Waals surface area contributed by atoms with Crippen molar-refractivity contribution in [3.8, 4) is 0 Å². The molecule has 7 nitrogen and oxygen atoms in total. The molecule has 2 aromatic heterocycles. The van der Waals surface area contributed by atoms with Crippen molar-refractivity contribution in [2.75, 3.05) is 44.7 Å². The van der Waals surface area contributed by atoms with Crippen LogP contribution in [0.1, 0.15) is 25.5 Å². The molecule has 4 rings (SSSR count). The minimum Gasteiger partial charge on any atom is -0.358 e. The minimum absolute atomic E-state index is 0.0000517.